The molecule has 0 aromatic carbocycles. The van der Waals surface area contributed by atoms with Crippen molar-refractivity contribution in [2.45, 2.75) is 130 Å². The van der Waals surface area contributed by atoms with E-state index in [4.69, 9.17) is 0 Å². The van der Waals surface area contributed by atoms with Gasteiger partial charge in [-0.15, -0.1) is 0 Å². The minimum absolute atomic E-state index is 0.762. The van der Waals surface area contributed by atoms with Gasteiger partial charge in [-0.05, 0) is 0 Å². The molecule has 0 fully saturated rings. The molecule has 7 heteroatoms. The van der Waals surface area contributed by atoms with Gasteiger partial charge in [0, 0.05) is 0 Å². The van der Waals surface area contributed by atoms with Crippen LogP contribution in [0.2, 0.25) is 130 Å². The first-order chi connectivity index (χ1) is 11.7. The molecule has 0 nitrogen and oxygen atoms in total. The topological polar surface area (TPSA) is 0 Å². The molecular formula is C21H57CrSi6. The van der Waals surface area contributed by atoms with Gasteiger partial charge >= 0.3 is 193 Å². The second-order valence-electron chi connectivity index (χ2n) is 15.7. The molecule has 28 heavy (non-hydrogen) atoms. The van der Waals surface area contributed by atoms with Gasteiger partial charge in [-0.25, -0.2) is 0 Å². The van der Waals surface area contributed by atoms with E-state index in [9.17, 15) is 0 Å². The molecule has 0 aliphatic heterocycles. The molecule has 0 rings (SSSR count). The van der Waals surface area contributed by atoms with Gasteiger partial charge < -0.3 is 0 Å². The van der Waals surface area contributed by atoms with E-state index in [0.29, 0.717) is 0 Å². The summed E-state index contributed by atoms with van der Waals surface area (Å²) in [6, 6.07) is 0. The summed E-state index contributed by atoms with van der Waals surface area (Å²) in [6.07, 6.45) is 0. The summed E-state index contributed by atoms with van der Waals surface area (Å²) in [4.78, 5) is 0. The molecule has 0 spiro atoms. The fourth-order valence-corrected chi connectivity index (χ4v) is 80.5. The van der Waals surface area contributed by atoms with Crippen molar-refractivity contribution in [3.05, 3.63) is 0 Å². The SMILES string of the molecule is C[Si](C)(C)[CH]([Cr]([CH]([Si](C)(C)C)[Si](C)(C)C)[CH]([Si](C)(C)C)[Si](C)(C)C)[Si](C)(C)C. The summed E-state index contributed by atoms with van der Waals surface area (Å²) in [5, 5.41) is 0. The minimum atomic E-state index is -1.22. The molecule has 0 atom stereocenters. The Morgan fingerprint density at radius 1 is 0.286 bits per heavy atom. The normalized spacial score (nSPS) is 16.1. The molecular weight excluding hydrogens is 473 g/mol. The average molecular weight is 530 g/mol. The van der Waals surface area contributed by atoms with E-state index in [1.807, 2.05) is 0 Å². The van der Waals surface area contributed by atoms with E-state index in [0.717, 1.165) is 0 Å². The van der Waals surface area contributed by atoms with Crippen LogP contribution in [0.4, 0.5) is 0 Å². The van der Waals surface area contributed by atoms with Gasteiger partial charge in [0.1, 0.15) is 0 Å². The standard InChI is InChI=1S/3C7H19Si2.Cr/c3*1-8(2,3)7-9(4,5)6;/h3*7H,1-6H3;. The van der Waals surface area contributed by atoms with E-state index < -0.39 is 62.6 Å². The van der Waals surface area contributed by atoms with Gasteiger partial charge in [0.25, 0.3) is 0 Å². The van der Waals surface area contributed by atoms with Crippen LogP contribution in [0.25, 0.3) is 0 Å². The van der Waals surface area contributed by atoms with Crippen LogP contribution >= 0.6 is 0 Å². The first-order valence-corrected chi connectivity index (χ1v) is 35.1. The van der Waals surface area contributed by atoms with Gasteiger partial charge in [0.05, 0.1) is 0 Å². The van der Waals surface area contributed by atoms with Gasteiger partial charge in [-0.1, -0.05) is 0 Å². The molecule has 0 saturated carbocycles. The molecule has 171 valence electrons. The van der Waals surface area contributed by atoms with E-state index in [2.05, 4.69) is 118 Å². The van der Waals surface area contributed by atoms with E-state index in [1.54, 1.807) is 0 Å². The molecule has 0 aromatic rings. The second-order valence-corrected chi connectivity index (χ2v) is 56.9. The molecule has 0 aromatic heterocycles. The first kappa shape index (κ1) is 29.8. The molecule has 0 radical (unpaired) electrons. The van der Waals surface area contributed by atoms with Crippen molar-refractivity contribution < 1.29 is 14.1 Å². The predicted molar refractivity (Wildman–Crippen MR) is 151 cm³/mol. The zero-order valence-electron chi connectivity index (χ0n) is 23.1. The van der Waals surface area contributed by atoms with Crippen molar-refractivity contribution in [3.8, 4) is 0 Å². The molecule has 0 aliphatic carbocycles. The van der Waals surface area contributed by atoms with Gasteiger partial charge in [-0.3, -0.25) is 0 Å². The molecule has 0 unspecified atom stereocenters. The number of hydrogen-bond donors (Lipinski definition) is 0. The van der Waals surface area contributed by atoms with Crippen LogP contribution in [0.15, 0.2) is 0 Å². The quantitative estimate of drug-likeness (QED) is 0.261. The Morgan fingerprint density at radius 2 is 0.393 bits per heavy atom. The maximum absolute atomic E-state index is 2.75. The summed E-state index contributed by atoms with van der Waals surface area (Å²) < 4.78 is 3.52. The van der Waals surface area contributed by atoms with Gasteiger partial charge in [0.15, 0.2) is 0 Å². The molecule has 0 bridgehead atoms. The third-order valence-corrected chi connectivity index (χ3v) is 59.7. The summed E-state index contributed by atoms with van der Waals surface area (Å²) in [6.45, 7) is 49.6. The van der Waals surface area contributed by atoms with E-state index >= 15 is 0 Å². The monoisotopic (exact) mass is 529 g/mol. The van der Waals surface area contributed by atoms with Gasteiger partial charge in [0.2, 0.25) is 0 Å². The molecule has 0 saturated heterocycles. The Hall–Kier alpha value is 1.83. The van der Waals surface area contributed by atoms with Crippen molar-refractivity contribution >= 4 is 48.4 Å². The van der Waals surface area contributed by atoms with Crippen molar-refractivity contribution in [1.82, 2.24) is 0 Å². The van der Waals surface area contributed by atoms with E-state index in [-0.39, 0.29) is 0 Å². The molecule has 0 amide bonds. The average Bonchev–Trinajstić information content (AvgIpc) is 2.13. The fraction of sp³-hybridized carbons (Fsp3) is 1.00. The van der Waals surface area contributed by atoms with Crippen LogP contribution in [0.3, 0.4) is 0 Å². The van der Waals surface area contributed by atoms with Crippen LogP contribution in [-0.4, -0.2) is 48.4 Å². The maximum atomic E-state index is 2.75. The fourth-order valence-electron chi connectivity index (χ4n) is 6.75. The van der Waals surface area contributed by atoms with Crippen LogP contribution in [-0.2, 0) is 14.1 Å². The van der Waals surface area contributed by atoms with E-state index in [1.165, 1.54) is 12.1 Å². The zero-order valence-corrected chi connectivity index (χ0v) is 30.4. The number of hydrogen-bond acceptors (Lipinski definition) is 0. The first-order valence-electron chi connectivity index (χ1n) is 11.4. The summed E-state index contributed by atoms with van der Waals surface area (Å²) in [5.74, 6) is 0. The third kappa shape index (κ3) is 8.07. The molecule has 0 aliphatic rings. The Balaban J connectivity index is 7.30. The Labute approximate surface area is 191 Å². The Morgan fingerprint density at radius 3 is 0.464 bits per heavy atom. The summed E-state index contributed by atoms with van der Waals surface area (Å²) in [5.41, 5.74) is 0. The third-order valence-electron chi connectivity index (χ3n) is 5.54. The Bertz CT molecular complexity index is 388. The summed E-state index contributed by atoms with van der Waals surface area (Å²) >= 11 is -0.762. The molecule has 0 N–H and O–H groups in total. The van der Waals surface area contributed by atoms with Crippen LogP contribution in [0.1, 0.15) is 0 Å². The van der Waals surface area contributed by atoms with Crippen molar-refractivity contribution in [3.63, 3.8) is 0 Å². The van der Waals surface area contributed by atoms with Gasteiger partial charge in [-0.2, -0.15) is 0 Å². The molecule has 0 heterocycles. The Kier molecular flexibility index (Phi) is 9.58. The van der Waals surface area contributed by atoms with Crippen molar-refractivity contribution in [1.29, 1.82) is 0 Å². The zero-order chi connectivity index (χ0) is 23.3. The van der Waals surface area contributed by atoms with Crippen molar-refractivity contribution in [2.24, 2.45) is 0 Å². The number of rotatable bonds is 9. The van der Waals surface area contributed by atoms with Crippen molar-refractivity contribution in [2.75, 3.05) is 0 Å². The van der Waals surface area contributed by atoms with Crippen LogP contribution in [0.5, 0.6) is 0 Å². The van der Waals surface area contributed by atoms with Crippen LogP contribution in [0, 0.1) is 0 Å². The predicted octanol–water partition coefficient (Wildman–Crippen LogP) is 9.23. The van der Waals surface area contributed by atoms with Crippen LogP contribution < -0.4 is 0 Å². The second kappa shape index (κ2) is 8.99. The summed E-state index contributed by atoms with van der Waals surface area (Å²) in [7, 11) is -7.32.